The van der Waals surface area contributed by atoms with Crippen LogP contribution in [-0.4, -0.2) is 29.2 Å². The number of phenolic OH excluding ortho intramolecular Hbond substituents is 1. The quantitative estimate of drug-likeness (QED) is 0.407. The third-order valence-electron chi connectivity index (χ3n) is 3.26. The van der Waals surface area contributed by atoms with Crippen molar-refractivity contribution in [2.24, 2.45) is 0 Å². The zero-order valence-corrected chi connectivity index (χ0v) is 13.6. The van der Waals surface area contributed by atoms with E-state index in [4.69, 9.17) is 15.4 Å². The molecule has 0 amide bonds. The van der Waals surface area contributed by atoms with E-state index in [0.717, 1.165) is 0 Å². The summed E-state index contributed by atoms with van der Waals surface area (Å²) in [5, 5.41) is 18.6. The predicted molar refractivity (Wildman–Crippen MR) is 93.2 cm³/mol. The van der Waals surface area contributed by atoms with Crippen LogP contribution in [0.1, 0.15) is 10.4 Å². The van der Waals surface area contributed by atoms with Gasteiger partial charge in [-0.1, -0.05) is 18.2 Å². The van der Waals surface area contributed by atoms with E-state index in [9.17, 15) is 18.3 Å². The molecule has 3 rings (SSSR count). The molecule has 0 fully saturated rings. The molecule has 0 unspecified atom stereocenters. The fraction of sp³-hybridized carbons (Fsp3) is 0. The fourth-order valence-corrected chi connectivity index (χ4v) is 2.79. The van der Waals surface area contributed by atoms with Crippen LogP contribution in [0.5, 0.6) is 5.75 Å². The summed E-state index contributed by atoms with van der Waals surface area (Å²) in [6, 6.07) is 14.9. The van der Waals surface area contributed by atoms with Crippen molar-refractivity contribution in [2.75, 3.05) is 5.73 Å². The minimum Gasteiger partial charge on any atom is -0.508 e. The molecule has 8 heteroatoms. The average Bonchev–Trinajstić information content (AvgIpc) is 2.54. The number of rotatable bonds is 2. The van der Waals surface area contributed by atoms with E-state index < -0.39 is 16.1 Å². The van der Waals surface area contributed by atoms with Gasteiger partial charge in [0.2, 0.25) is 0 Å². The maximum Gasteiger partial charge on any atom is 0.335 e. The molecule has 0 heterocycles. The molecule has 7 nitrogen and oxygen atoms in total. The largest absolute Gasteiger partial charge is 0.508 e. The highest BCUT2D eigenvalue weighted by Crippen LogP contribution is 2.26. The van der Waals surface area contributed by atoms with E-state index >= 15 is 0 Å². The fourth-order valence-electron chi connectivity index (χ4n) is 2.08. The Kier molecular flexibility index (Phi) is 5.26. The standard InChI is InChI=1S/C10H8O4S.C7H7NO2/c11-8-5-4-7-2-1-3-10(9(7)6-8)15(12,13)14;8-6-3-1-5(2-4-6)7(9)10/h1-6,11H,(H,12,13,14);1-4H,8H2,(H,9,10). The second kappa shape index (κ2) is 7.20. The molecule has 130 valence electrons. The van der Waals surface area contributed by atoms with E-state index in [-0.39, 0.29) is 16.2 Å². The van der Waals surface area contributed by atoms with Gasteiger partial charge in [0.25, 0.3) is 10.1 Å². The van der Waals surface area contributed by atoms with Crippen molar-refractivity contribution >= 4 is 32.5 Å². The van der Waals surface area contributed by atoms with Crippen LogP contribution in [0.3, 0.4) is 0 Å². The summed E-state index contributed by atoms with van der Waals surface area (Å²) >= 11 is 0. The maximum atomic E-state index is 11.0. The number of phenols is 1. The number of hydrogen-bond acceptors (Lipinski definition) is 5. The molecule has 0 aliphatic carbocycles. The predicted octanol–water partition coefficient (Wildman–Crippen LogP) is 2.76. The van der Waals surface area contributed by atoms with Gasteiger partial charge in [0, 0.05) is 11.1 Å². The molecule has 0 radical (unpaired) electrons. The van der Waals surface area contributed by atoms with E-state index in [1.54, 1.807) is 24.3 Å². The Hall–Kier alpha value is -3.10. The van der Waals surface area contributed by atoms with Crippen molar-refractivity contribution in [3.05, 3.63) is 66.2 Å². The van der Waals surface area contributed by atoms with Crippen molar-refractivity contribution in [2.45, 2.75) is 4.90 Å². The third kappa shape index (κ3) is 4.69. The Balaban J connectivity index is 0.000000196. The third-order valence-corrected chi connectivity index (χ3v) is 4.17. The topological polar surface area (TPSA) is 138 Å². The highest BCUT2D eigenvalue weighted by atomic mass is 32.2. The van der Waals surface area contributed by atoms with Crippen LogP contribution in [0.2, 0.25) is 0 Å². The van der Waals surface area contributed by atoms with Crippen molar-refractivity contribution in [3.63, 3.8) is 0 Å². The van der Waals surface area contributed by atoms with Crippen LogP contribution in [-0.2, 0) is 10.1 Å². The number of fused-ring (bicyclic) bond motifs is 1. The Labute approximate surface area is 143 Å². The first-order chi connectivity index (χ1) is 11.7. The van der Waals surface area contributed by atoms with Crippen LogP contribution in [0.15, 0.2) is 65.6 Å². The smallest absolute Gasteiger partial charge is 0.335 e. The summed E-state index contributed by atoms with van der Waals surface area (Å²) in [7, 11) is -4.26. The molecule has 3 aromatic rings. The Morgan fingerprint density at radius 2 is 1.60 bits per heavy atom. The average molecular weight is 361 g/mol. The van der Waals surface area contributed by atoms with Gasteiger partial charge in [-0.3, -0.25) is 4.55 Å². The van der Waals surface area contributed by atoms with Gasteiger partial charge in [0.05, 0.1) is 5.56 Å². The van der Waals surface area contributed by atoms with Crippen molar-refractivity contribution in [1.29, 1.82) is 0 Å². The first-order valence-corrected chi connectivity index (χ1v) is 8.40. The summed E-state index contributed by atoms with van der Waals surface area (Å²) in [5.41, 5.74) is 6.17. The van der Waals surface area contributed by atoms with Gasteiger partial charge in [-0.2, -0.15) is 8.42 Å². The molecule has 0 saturated heterocycles. The van der Waals surface area contributed by atoms with Gasteiger partial charge >= 0.3 is 5.97 Å². The van der Waals surface area contributed by atoms with Gasteiger partial charge in [-0.15, -0.1) is 0 Å². The Bertz CT molecular complexity index is 1010. The SMILES string of the molecule is Nc1ccc(C(=O)O)cc1.O=S(=O)(O)c1cccc2ccc(O)cc12. The number of aromatic hydroxyl groups is 1. The Morgan fingerprint density at radius 1 is 0.960 bits per heavy atom. The molecule has 0 aromatic heterocycles. The summed E-state index contributed by atoms with van der Waals surface area (Å²) in [6.07, 6.45) is 0. The van der Waals surface area contributed by atoms with Crippen LogP contribution in [0.25, 0.3) is 10.8 Å². The molecular formula is C17H15NO6S. The molecule has 3 aromatic carbocycles. The second-order valence-corrected chi connectivity index (χ2v) is 6.45. The van der Waals surface area contributed by atoms with Crippen LogP contribution in [0, 0.1) is 0 Å². The number of carboxylic acid groups (broad SMARTS) is 1. The molecule has 0 bridgehead atoms. The maximum absolute atomic E-state index is 11.0. The number of hydrogen-bond donors (Lipinski definition) is 4. The lowest BCUT2D eigenvalue weighted by Crippen LogP contribution is -1.98. The summed E-state index contributed by atoms with van der Waals surface area (Å²) in [4.78, 5) is 10.1. The lowest BCUT2D eigenvalue weighted by Gasteiger charge is -2.03. The number of carboxylic acids is 1. The van der Waals surface area contributed by atoms with E-state index in [1.807, 2.05) is 0 Å². The molecule has 0 aliphatic heterocycles. The number of carbonyl (C=O) groups is 1. The summed E-state index contributed by atoms with van der Waals surface area (Å²) in [5.74, 6) is -0.974. The first kappa shape index (κ1) is 18.2. The van der Waals surface area contributed by atoms with Gasteiger partial charge in [-0.05, 0) is 47.9 Å². The number of nitrogen functional groups attached to an aromatic ring is 1. The lowest BCUT2D eigenvalue weighted by atomic mass is 10.1. The highest BCUT2D eigenvalue weighted by molar-refractivity contribution is 7.86. The van der Waals surface area contributed by atoms with Crippen LogP contribution < -0.4 is 5.73 Å². The number of nitrogens with two attached hydrogens (primary N) is 1. The van der Waals surface area contributed by atoms with Gasteiger partial charge in [-0.25, -0.2) is 4.79 Å². The zero-order valence-electron chi connectivity index (χ0n) is 12.8. The minimum absolute atomic E-state index is 0.0430. The molecule has 0 atom stereocenters. The van der Waals surface area contributed by atoms with Crippen molar-refractivity contribution in [3.8, 4) is 5.75 Å². The van der Waals surface area contributed by atoms with Crippen LogP contribution in [0.4, 0.5) is 5.69 Å². The van der Waals surface area contributed by atoms with E-state index in [2.05, 4.69) is 0 Å². The first-order valence-electron chi connectivity index (χ1n) is 6.96. The molecular weight excluding hydrogens is 346 g/mol. The molecule has 25 heavy (non-hydrogen) atoms. The summed E-state index contributed by atoms with van der Waals surface area (Å²) < 4.78 is 31.0. The Morgan fingerprint density at radius 3 is 2.16 bits per heavy atom. The molecule has 0 saturated carbocycles. The number of benzene rings is 3. The van der Waals surface area contributed by atoms with E-state index in [1.165, 1.54) is 36.4 Å². The van der Waals surface area contributed by atoms with Crippen molar-refractivity contribution < 1.29 is 28.0 Å². The number of anilines is 1. The number of aromatic carboxylic acids is 1. The van der Waals surface area contributed by atoms with Crippen LogP contribution >= 0.6 is 0 Å². The zero-order chi connectivity index (χ0) is 18.6. The molecule has 0 spiro atoms. The monoisotopic (exact) mass is 361 g/mol. The van der Waals surface area contributed by atoms with Gasteiger partial charge in [0.15, 0.2) is 0 Å². The second-order valence-electron chi connectivity index (χ2n) is 5.06. The van der Waals surface area contributed by atoms with E-state index in [0.29, 0.717) is 16.5 Å². The minimum atomic E-state index is -4.26. The molecule has 5 N–H and O–H groups in total. The lowest BCUT2D eigenvalue weighted by molar-refractivity contribution is 0.0697. The molecule has 0 aliphatic rings. The van der Waals surface area contributed by atoms with Gasteiger partial charge in [0.1, 0.15) is 10.6 Å². The normalized spacial score (nSPS) is 10.8. The highest BCUT2D eigenvalue weighted by Gasteiger charge is 2.13. The van der Waals surface area contributed by atoms with Crippen molar-refractivity contribution in [1.82, 2.24) is 0 Å². The van der Waals surface area contributed by atoms with Gasteiger partial charge < -0.3 is 15.9 Å². The summed E-state index contributed by atoms with van der Waals surface area (Å²) in [6.45, 7) is 0.